The number of aromatic hydroxyl groups is 1. The highest BCUT2D eigenvalue weighted by atomic mass is 32.5. The van der Waals surface area contributed by atoms with E-state index in [0.717, 1.165) is 12.1 Å². The van der Waals surface area contributed by atoms with E-state index < -0.39 is 20.9 Å². The minimum absolute atomic E-state index is 0.208. The van der Waals surface area contributed by atoms with Gasteiger partial charge in [0.15, 0.2) is 0 Å². The highest BCUT2D eigenvalue weighted by Crippen LogP contribution is 3.03. The Balaban J connectivity index is 2.89. The molecule has 0 aliphatic carbocycles. The fraction of sp³-hybridized carbons (Fsp3) is 0. The van der Waals surface area contributed by atoms with Gasteiger partial charge in [-0.2, -0.15) is 0 Å². The smallest absolute Gasteiger partial charge is 0.313 e. The Morgan fingerprint density at radius 2 is 1.41 bits per heavy atom. The average Bonchev–Trinajstić information content (AvgIpc) is 2.14. The molecule has 1 nitrogen and oxygen atoms in total. The predicted octanol–water partition coefficient (Wildman–Crippen LogP) is 5.20. The Labute approximate surface area is 93.2 Å². The summed E-state index contributed by atoms with van der Waals surface area (Å²) >= 11 is 0. The van der Waals surface area contributed by atoms with Gasteiger partial charge in [0.05, 0.1) is 0 Å². The number of rotatable bonds is 1. The fourth-order valence-corrected chi connectivity index (χ4v) is 2.35. The van der Waals surface area contributed by atoms with Gasteiger partial charge in [0.25, 0.3) is 0 Å². The molecule has 2 aromatic rings. The molecule has 0 aliphatic heterocycles. The predicted molar refractivity (Wildman–Crippen MR) is 57.0 cm³/mol. The molecule has 7 heteroatoms. The van der Waals surface area contributed by atoms with Crippen molar-refractivity contribution in [2.45, 2.75) is 4.90 Å². The lowest BCUT2D eigenvalue weighted by molar-refractivity contribution is 0.353. The van der Waals surface area contributed by atoms with Crippen LogP contribution >= 0.6 is 10.2 Å². The van der Waals surface area contributed by atoms with Gasteiger partial charge in [0, 0.05) is 5.39 Å². The van der Waals surface area contributed by atoms with Crippen LogP contribution in [0.25, 0.3) is 10.8 Å². The van der Waals surface area contributed by atoms with Crippen LogP contribution in [0.5, 0.6) is 5.75 Å². The first kappa shape index (κ1) is 12.0. The third-order valence-electron chi connectivity index (χ3n) is 2.28. The van der Waals surface area contributed by atoms with Gasteiger partial charge in [0.1, 0.15) is 10.6 Å². The number of halogens is 5. The summed E-state index contributed by atoms with van der Waals surface area (Å²) in [4.78, 5) is -2.25. The monoisotopic (exact) mass is 270 g/mol. The van der Waals surface area contributed by atoms with Gasteiger partial charge in [0.2, 0.25) is 0 Å². The normalized spacial score (nSPS) is 16.5. The Morgan fingerprint density at radius 3 is 2.00 bits per heavy atom. The number of fused-ring (bicyclic) bond motifs is 1. The van der Waals surface area contributed by atoms with E-state index in [0.29, 0.717) is 0 Å². The van der Waals surface area contributed by atoms with Gasteiger partial charge in [-0.3, -0.25) is 0 Å². The van der Waals surface area contributed by atoms with Crippen molar-refractivity contribution in [3.8, 4) is 5.75 Å². The Bertz CT molecular complexity index is 605. The lowest BCUT2D eigenvalue weighted by Gasteiger charge is -2.40. The third kappa shape index (κ3) is 2.14. The molecule has 0 bridgehead atoms. The molecule has 0 amide bonds. The van der Waals surface area contributed by atoms with Crippen molar-refractivity contribution in [2.24, 2.45) is 0 Å². The zero-order valence-corrected chi connectivity index (χ0v) is 9.03. The summed E-state index contributed by atoms with van der Waals surface area (Å²) in [5.41, 5.74) is 0. The summed E-state index contributed by atoms with van der Waals surface area (Å²) in [6, 6.07) is 6.57. The van der Waals surface area contributed by atoms with E-state index in [1.807, 2.05) is 0 Å². The Kier molecular flexibility index (Phi) is 1.88. The van der Waals surface area contributed by atoms with Gasteiger partial charge in [-0.15, -0.1) is 0 Å². The van der Waals surface area contributed by atoms with Gasteiger partial charge in [-0.25, -0.2) is 0 Å². The van der Waals surface area contributed by atoms with Crippen molar-refractivity contribution in [3.05, 3.63) is 36.4 Å². The van der Waals surface area contributed by atoms with Crippen LogP contribution in [0.15, 0.2) is 41.3 Å². The molecule has 0 heterocycles. The molecule has 0 saturated carbocycles. The summed E-state index contributed by atoms with van der Waals surface area (Å²) < 4.78 is 62.9. The molecule has 0 saturated heterocycles. The molecular formula is C10H7F5OS. The van der Waals surface area contributed by atoms with E-state index in [9.17, 15) is 24.5 Å². The van der Waals surface area contributed by atoms with Gasteiger partial charge >= 0.3 is 10.2 Å². The van der Waals surface area contributed by atoms with Gasteiger partial charge < -0.3 is 5.11 Å². The topological polar surface area (TPSA) is 20.2 Å². The van der Waals surface area contributed by atoms with Crippen LogP contribution in [0.2, 0.25) is 0 Å². The maximum Gasteiger partial charge on any atom is 0.313 e. The lowest BCUT2D eigenvalue weighted by atomic mass is 10.1. The second-order valence-electron chi connectivity index (χ2n) is 3.60. The summed E-state index contributed by atoms with van der Waals surface area (Å²) in [7, 11) is -9.85. The summed E-state index contributed by atoms with van der Waals surface area (Å²) in [6.07, 6.45) is 0. The maximum absolute atomic E-state index is 12.6. The van der Waals surface area contributed by atoms with Crippen LogP contribution in [-0.4, -0.2) is 5.11 Å². The number of benzene rings is 2. The molecule has 94 valence electrons. The highest BCUT2D eigenvalue weighted by Gasteiger charge is 2.67. The second kappa shape index (κ2) is 2.66. The van der Waals surface area contributed by atoms with E-state index in [1.54, 1.807) is 0 Å². The van der Waals surface area contributed by atoms with Crippen molar-refractivity contribution in [3.63, 3.8) is 0 Å². The summed E-state index contributed by atoms with van der Waals surface area (Å²) in [5.74, 6) is -1.43. The van der Waals surface area contributed by atoms with Crippen LogP contribution in [-0.2, 0) is 0 Å². The molecule has 1 N–H and O–H groups in total. The van der Waals surface area contributed by atoms with Crippen LogP contribution in [0.1, 0.15) is 0 Å². The molecule has 0 aliphatic rings. The van der Waals surface area contributed by atoms with Crippen molar-refractivity contribution in [1.82, 2.24) is 0 Å². The van der Waals surface area contributed by atoms with Crippen LogP contribution < -0.4 is 0 Å². The first-order valence-corrected chi connectivity index (χ1v) is 6.39. The summed E-state index contributed by atoms with van der Waals surface area (Å²) in [5, 5.41) is 9.35. The molecule has 2 rings (SSSR count). The maximum atomic E-state index is 12.6. The first-order valence-electron chi connectivity index (χ1n) is 4.44. The number of hydrogen-bond donors (Lipinski definition) is 1. The second-order valence-corrected chi connectivity index (χ2v) is 5.98. The van der Waals surface area contributed by atoms with E-state index in [1.165, 1.54) is 18.2 Å². The van der Waals surface area contributed by atoms with Gasteiger partial charge in [-0.05, 0) is 11.5 Å². The standard InChI is InChI=1S/C10H7F5OS/c11-17(12,13,14,15)9-6-5-7-3-1-2-4-8(7)10(9)16/h1-6,16H. The molecule has 0 aromatic heterocycles. The van der Waals surface area contributed by atoms with Crippen LogP contribution in [0.4, 0.5) is 19.4 Å². The fourth-order valence-electron chi connectivity index (χ4n) is 1.55. The van der Waals surface area contributed by atoms with Gasteiger partial charge in [-0.1, -0.05) is 49.8 Å². The largest absolute Gasteiger partial charge is 0.506 e. The molecule has 0 spiro atoms. The molecule has 0 atom stereocenters. The minimum Gasteiger partial charge on any atom is -0.506 e. The van der Waals surface area contributed by atoms with Crippen LogP contribution in [0.3, 0.4) is 0 Å². The number of hydrogen-bond acceptors (Lipinski definition) is 1. The van der Waals surface area contributed by atoms with E-state index in [2.05, 4.69) is 0 Å². The van der Waals surface area contributed by atoms with Crippen LogP contribution in [0, 0.1) is 0 Å². The molecule has 17 heavy (non-hydrogen) atoms. The molecule has 2 aromatic carbocycles. The molecular weight excluding hydrogens is 263 g/mol. The quantitative estimate of drug-likeness (QED) is 0.706. The van der Waals surface area contributed by atoms with E-state index >= 15 is 0 Å². The number of phenolic OH excluding ortho intramolecular Hbond substituents is 1. The first-order chi connectivity index (χ1) is 7.49. The van der Waals surface area contributed by atoms with E-state index in [4.69, 9.17) is 0 Å². The SMILES string of the molecule is Oc1c(S(F)(F)(F)(F)F)ccc2ccccc12. The lowest BCUT2D eigenvalue weighted by Crippen LogP contribution is -2.06. The molecule has 0 fully saturated rings. The van der Waals surface area contributed by atoms with Crippen molar-refractivity contribution >= 4 is 21.0 Å². The van der Waals surface area contributed by atoms with E-state index in [-0.39, 0.29) is 16.8 Å². The van der Waals surface area contributed by atoms with Crippen molar-refractivity contribution < 1.29 is 24.5 Å². The van der Waals surface area contributed by atoms with Crippen molar-refractivity contribution in [1.29, 1.82) is 0 Å². The Hall–Kier alpha value is -1.50. The average molecular weight is 270 g/mol. The zero-order valence-electron chi connectivity index (χ0n) is 8.21. The highest BCUT2D eigenvalue weighted by molar-refractivity contribution is 8.45. The third-order valence-corrected chi connectivity index (χ3v) is 3.44. The molecule has 0 radical (unpaired) electrons. The Morgan fingerprint density at radius 1 is 0.824 bits per heavy atom. The zero-order chi connectivity index (χ0) is 13.0. The minimum atomic E-state index is -9.85. The van der Waals surface area contributed by atoms with Crippen molar-refractivity contribution in [2.75, 3.05) is 0 Å². The molecule has 0 unspecified atom stereocenters. The number of phenols is 1. The summed E-state index contributed by atoms with van der Waals surface area (Å²) in [6.45, 7) is 0.